The molecule has 1 unspecified atom stereocenters. The second kappa shape index (κ2) is 12.7. The highest BCUT2D eigenvalue weighted by molar-refractivity contribution is 5.90. The van der Waals surface area contributed by atoms with E-state index in [1.807, 2.05) is 9.80 Å². The summed E-state index contributed by atoms with van der Waals surface area (Å²) in [6.07, 6.45) is 4.26. The van der Waals surface area contributed by atoms with Crippen LogP contribution in [0, 0.1) is 23.0 Å². The third-order valence-electron chi connectivity index (χ3n) is 10.7. The number of piperazine rings is 1. The standard InChI is InChI=1S/C34H51F2N5O3/c1-22(42)41(24-9-11-34(5,6)12-10-24)25-18-30(32(44)38-15-13-37-14-16-38)40(19-25)31(43)28-21-39(33(2,3)4)20-27(28)26-8-7-23(35)17-29(26)36/h7-8,17,24-25,27-28,30,37H,9-16,18-21H2,1-6H3/t25?,27-,28+,30-/m0/s1. The molecule has 1 saturated carbocycles. The van der Waals surface area contributed by atoms with Crippen molar-refractivity contribution in [1.82, 2.24) is 24.9 Å². The summed E-state index contributed by atoms with van der Waals surface area (Å²) in [5.41, 5.74) is 0.296. The van der Waals surface area contributed by atoms with Crippen LogP contribution in [-0.2, 0) is 14.4 Å². The fourth-order valence-corrected chi connectivity index (χ4v) is 8.00. The third kappa shape index (κ3) is 6.81. The van der Waals surface area contributed by atoms with Crippen LogP contribution in [0.15, 0.2) is 18.2 Å². The number of amides is 3. The van der Waals surface area contributed by atoms with Gasteiger partial charge in [0, 0.05) is 76.3 Å². The largest absolute Gasteiger partial charge is 0.338 e. The summed E-state index contributed by atoms with van der Waals surface area (Å²) >= 11 is 0. The van der Waals surface area contributed by atoms with Crippen LogP contribution in [0.3, 0.4) is 0 Å². The number of hydrogen-bond acceptors (Lipinski definition) is 5. The molecule has 1 aromatic rings. The van der Waals surface area contributed by atoms with Gasteiger partial charge in [0.1, 0.15) is 17.7 Å². The highest BCUT2D eigenvalue weighted by atomic mass is 19.1. The molecule has 3 saturated heterocycles. The fourth-order valence-electron chi connectivity index (χ4n) is 8.00. The Morgan fingerprint density at radius 3 is 2.20 bits per heavy atom. The maximum absolute atomic E-state index is 15.2. The molecule has 1 aromatic carbocycles. The molecule has 4 fully saturated rings. The number of likely N-dealkylation sites (tertiary alicyclic amines) is 2. The van der Waals surface area contributed by atoms with E-state index in [4.69, 9.17) is 0 Å². The van der Waals surface area contributed by atoms with Crippen molar-refractivity contribution in [3.63, 3.8) is 0 Å². The molecule has 0 bridgehead atoms. The average molecular weight is 616 g/mol. The van der Waals surface area contributed by atoms with Crippen molar-refractivity contribution < 1.29 is 23.2 Å². The molecule has 0 aromatic heterocycles. The Balaban J connectivity index is 1.47. The first-order chi connectivity index (χ1) is 20.7. The van der Waals surface area contributed by atoms with Crippen LogP contribution in [0.1, 0.15) is 85.1 Å². The van der Waals surface area contributed by atoms with E-state index in [1.165, 1.54) is 12.1 Å². The summed E-state index contributed by atoms with van der Waals surface area (Å²) in [6, 6.07) is 2.73. The smallest absolute Gasteiger partial charge is 0.245 e. The monoisotopic (exact) mass is 615 g/mol. The Kier molecular flexibility index (Phi) is 9.44. The zero-order valence-electron chi connectivity index (χ0n) is 27.4. The molecule has 8 nitrogen and oxygen atoms in total. The van der Waals surface area contributed by atoms with Gasteiger partial charge in [-0.25, -0.2) is 8.78 Å². The van der Waals surface area contributed by atoms with Crippen LogP contribution < -0.4 is 5.32 Å². The average Bonchev–Trinajstić information content (AvgIpc) is 3.59. The first-order valence-corrected chi connectivity index (χ1v) is 16.4. The van der Waals surface area contributed by atoms with E-state index >= 15 is 4.39 Å². The van der Waals surface area contributed by atoms with Crippen LogP contribution in [0.25, 0.3) is 0 Å². The Morgan fingerprint density at radius 1 is 0.955 bits per heavy atom. The van der Waals surface area contributed by atoms with Crippen molar-refractivity contribution in [1.29, 1.82) is 0 Å². The van der Waals surface area contributed by atoms with Gasteiger partial charge in [0.2, 0.25) is 17.7 Å². The molecule has 44 heavy (non-hydrogen) atoms. The summed E-state index contributed by atoms with van der Waals surface area (Å²) in [5, 5.41) is 3.29. The maximum atomic E-state index is 15.2. The molecule has 10 heteroatoms. The first kappa shape index (κ1) is 32.8. The van der Waals surface area contributed by atoms with Gasteiger partial charge >= 0.3 is 0 Å². The SMILES string of the molecule is CC(=O)N(C1CCC(C)(C)CC1)C1C[C@@H](C(=O)N2CCNCC2)N(C(=O)[C@@H]2CN(C(C)(C)C)C[C@H]2c2ccc(F)cc2F)C1. The number of nitrogens with one attached hydrogen (secondary N) is 1. The lowest BCUT2D eigenvalue weighted by Crippen LogP contribution is -2.54. The summed E-state index contributed by atoms with van der Waals surface area (Å²) in [4.78, 5) is 49.7. The quantitative estimate of drug-likeness (QED) is 0.542. The Labute approximate surface area is 261 Å². The molecule has 4 aliphatic rings. The predicted octanol–water partition coefficient (Wildman–Crippen LogP) is 4.00. The normalized spacial score (nSPS) is 28.4. The molecule has 1 N–H and O–H groups in total. The molecule has 4 atom stereocenters. The number of hydrogen-bond donors (Lipinski definition) is 1. The van der Waals surface area contributed by atoms with Gasteiger partial charge in [0.05, 0.1) is 12.0 Å². The van der Waals surface area contributed by atoms with Crippen LogP contribution >= 0.6 is 0 Å². The topological polar surface area (TPSA) is 76.2 Å². The summed E-state index contributed by atoms with van der Waals surface area (Å²) < 4.78 is 29.1. The minimum absolute atomic E-state index is 0.0200. The fraction of sp³-hybridized carbons (Fsp3) is 0.735. The van der Waals surface area contributed by atoms with Gasteiger partial charge < -0.3 is 20.0 Å². The second-order valence-electron chi connectivity index (χ2n) is 15.2. The van der Waals surface area contributed by atoms with Crippen molar-refractivity contribution in [3.8, 4) is 0 Å². The van der Waals surface area contributed by atoms with E-state index in [2.05, 4.69) is 44.8 Å². The predicted molar refractivity (Wildman–Crippen MR) is 166 cm³/mol. The molecule has 3 amide bonds. The molecular weight excluding hydrogens is 564 g/mol. The van der Waals surface area contributed by atoms with E-state index in [1.54, 1.807) is 11.8 Å². The van der Waals surface area contributed by atoms with Crippen molar-refractivity contribution in [2.45, 2.75) is 103 Å². The molecule has 3 heterocycles. The summed E-state index contributed by atoms with van der Waals surface area (Å²) in [6.45, 7) is 16.0. The zero-order valence-corrected chi connectivity index (χ0v) is 27.4. The van der Waals surface area contributed by atoms with Crippen molar-refractivity contribution in [2.24, 2.45) is 11.3 Å². The Morgan fingerprint density at radius 2 is 1.61 bits per heavy atom. The summed E-state index contributed by atoms with van der Waals surface area (Å²) in [7, 11) is 0. The van der Waals surface area contributed by atoms with Gasteiger partial charge in [0.25, 0.3) is 0 Å². The highest BCUT2D eigenvalue weighted by Gasteiger charge is 2.51. The lowest BCUT2D eigenvalue weighted by molar-refractivity contribution is -0.146. The molecule has 0 radical (unpaired) electrons. The molecule has 3 aliphatic heterocycles. The van der Waals surface area contributed by atoms with Crippen molar-refractivity contribution >= 4 is 17.7 Å². The number of halogens is 2. The van der Waals surface area contributed by atoms with Crippen molar-refractivity contribution in [2.75, 3.05) is 45.8 Å². The minimum atomic E-state index is -0.685. The zero-order chi connectivity index (χ0) is 32.0. The van der Waals surface area contributed by atoms with E-state index in [-0.39, 0.29) is 47.3 Å². The molecule has 1 aliphatic carbocycles. The van der Waals surface area contributed by atoms with Crippen LogP contribution in [0.2, 0.25) is 0 Å². The van der Waals surface area contributed by atoms with Crippen LogP contribution in [-0.4, -0.2) is 107 Å². The number of carbonyl (C=O) groups is 3. The Bertz CT molecular complexity index is 1230. The third-order valence-corrected chi connectivity index (χ3v) is 10.7. The van der Waals surface area contributed by atoms with Gasteiger partial charge in [-0.05, 0) is 69.9 Å². The Hall–Kier alpha value is -2.59. The lowest BCUT2D eigenvalue weighted by atomic mass is 9.75. The molecular formula is C34H51F2N5O3. The summed E-state index contributed by atoms with van der Waals surface area (Å²) in [5.74, 6) is -2.68. The van der Waals surface area contributed by atoms with Gasteiger partial charge in [0.15, 0.2) is 0 Å². The van der Waals surface area contributed by atoms with Gasteiger partial charge in [-0.2, -0.15) is 0 Å². The van der Waals surface area contributed by atoms with E-state index in [0.29, 0.717) is 51.3 Å². The highest BCUT2D eigenvalue weighted by Crippen LogP contribution is 2.42. The van der Waals surface area contributed by atoms with Gasteiger partial charge in [-0.15, -0.1) is 0 Å². The number of rotatable bonds is 5. The van der Waals surface area contributed by atoms with Crippen LogP contribution in [0.4, 0.5) is 8.78 Å². The van der Waals surface area contributed by atoms with Gasteiger partial charge in [-0.3, -0.25) is 19.3 Å². The van der Waals surface area contributed by atoms with E-state index in [9.17, 15) is 18.8 Å². The minimum Gasteiger partial charge on any atom is -0.338 e. The second-order valence-corrected chi connectivity index (χ2v) is 15.2. The van der Waals surface area contributed by atoms with Gasteiger partial charge in [-0.1, -0.05) is 19.9 Å². The lowest BCUT2D eigenvalue weighted by Gasteiger charge is -2.42. The number of carbonyl (C=O) groups excluding carboxylic acids is 3. The number of benzene rings is 1. The molecule has 5 rings (SSSR count). The molecule has 0 spiro atoms. The molecule has 244 valence electrons. The number of nitrogens with zero attached hydrogens (tertiary/aromatic N) is 4. The van der Waals surface area contributed by atoms with Crippen LogP contribution in [0.5, 0.6) is 0 Å². The van der Waals surface area contributed by atoms with E-state index < -0.39 is 29.5 Å². The van der Waals surface area contributed by atoms with E-state index in [0.717, 1.165) is 31.7 Å². The maximum Gasteiger partial charge on any atom is 0.245 e. The van der Waals surface area contributed by atoms with Crippen molar-refractivity contribution in [3.05, 3.63) is 35.4 Å². The first-order valence-electron chi connectivity index (χ1n) is 16.4.